The third-order valence-electron chi connectivity index (χ3n) is 3.54. The van der Waals surface area contributed by atoms with E-state index in [1.807, 2.05) is 37.3 Å². The average Bonchev–Trinajstić information content (AvgIpc) is 2.59. The minimum atomic E-state index is -1.21. The molecule has 0 N–H and O–H groups in total. The molecule has 3 aromatic rings. The molecule has 116 valence electrons. The topological polar surface area (TPSA) is 62.2 Å². The predicted molar refractivity (Wildman–Crippen MR) is 87.3 cm³/mol. The molecule has 23 heavy (non-hydrogen) atoms. The normalized spacial score (nSPS) is 10.7. The van der Waals surface area contributed by atoms with Crippen LogP contribution in [-0.2, 0) is 0 Å². The zero-order valence-electron chi connectivity index (χ0n) is 12.8. The fourth-order valence-corrected chi connectivity index (χ4v) is 2.46. The van der Waals surface area contributed by atoms with Gasteiger partial charge in [-0.1, -0.05) is 37.3 Å². The van der Waals surface area contributed by atoms with Gasteiger partial charge in [0.25, 0.3) is 0 Å². The van der Waals surface area contributed by atoms with Crippen molar-refractivity contribution in [2.75, 3.05) is 6.61 Å². The van der Waals surface area contributed by atoms with Crippen molar-refractivity contribution in [2.24, 2.45) is 0 Å². The molecule has 0 aliphatic heterocycles. The molecule has 0 radical (unpaired) electrons. The standard InChI is InChI=1S/C19H17NO3/c1-2-10-23-14-7-5-6-13(11-14)18-12-16(19(21)22)15-8-3-4-9-17(15)20-18/h3-9,11-12H,2,10H2,1H3,(H,21,22)/p-1. The second-order valence-corrected chi connectivity index (χ2v) is 5.24. The van der Waals surface area contributed by atoms with E-state index in [9.17, 15) is 9.90 Å². The number of hydrogen-bond donors (Lipinski definition) is 0. The molecule has 0 aliphatic rings. The molecule has 0 saturated heterocycles. The molecule has 0 unspecified atom stereocenters. The van der Waals surface area contributed by atoms with Crippen LogP contribution in [0.15, 0.2) is 54.6 Å². The van der Waals surface area contributed by atoms with Crippen LogP contribution in [0.25, 0.3) is 22.2 Å². The highest BCUT2D eigenvalue weighted by Crippen LogP contribution is 2.27. The van der Waals surface area contributed by atoms with E-state index >= 15 is 0 Å². The van der Waals surface area contributed by atoms with Gasteiger partial charge in [-0.2, -0.15) is 0 Å². The van der Waals surface area contributed by atoms with Crippen molar-refractivity contribution in [1.82, 2.24) is 4.98 Å². The van der Waals surface area contributed by atoms with Crippen LogP contribution in [0.2, 0.25) is 0 Å². The van der Waals surface area contributed by atoms with Gasteiger partial charge >= 0.3 is 0 Å². The van der Waals surface area contributed by atoms with E-state index in [1.54, 1.807) is 24.3 Å². The maximum absolute atomic E-state index is 11.4. The van der Waals surface area contributed by atoms with Crippen LogP contribution >= 0.6 is 0 Å². The van der Waals surface area contributed by atoms with Crippen LogP contribution in [0.4, 0.5) is 0 Å². The zero-order chi connectivity index (χ0) is 16.2. The lowest BCUT2D eigenvalue weighted by Crippen LogP contribution is -2.22. The summed E-state index contributed by atoms with van der Waals surface area (Å²) in [6, 6.07) is 16.2. The lowest BCUT2D eigenvalue weighted by atomic mass is 10.0. The molecule has 0 saturated carbocycles. The summed E-state index contributed by atoms with van der Waals surface area (Å²) in [5.74, 6) is -0.461. The summed E-state index contributed by atoms with van der Waals surface area (Å²) in [5, 5.41) is 12.0. The maximum atomic E-state index is 11.4. The molecule has 0 atom stereocenters. The van der Waals surface area contributed by atoms with Crippen molar-refractivity contribution >= 4 is 16.9 Å². The Balaban J connectivity index is 2.11. The number of para-hydroxylation sites is 1. The van der Waals surface area contributed by atoms with E-state index in [2.05, 4.69) is 4.98 Å². The predicted octanol–water partition coefficient (Wildman–Crippen LogP) is 3.05. The number of pyridine rings is 1. The minimum Gasteiger partial charge on any atom is -0.545 e. The Morgan fingerprint density at radius 1 is 1.13 bits per heavy atom. The number of carbonyl (C=O) groups is 1. The number of nitrogens with zero attached hydrogens (tertiary/aromatic N) is 1. The van der Waals surface area contributed by atoms with Crippen molar-refractivity contribution in [3.8, 4) is 17.0 Å². The molecule has 1 heterocycles. The molecule has 0 fully saturated rings. The number of aromatic nitrogens is 1. The number of rotatable bonds is 5. The Kier molecular flexibility index (Phi) is 4.24. The summed E-state index contributed by atoms with van der Waals surface area (Å²) < 4.78 is 5.63. The van der Waals surface area contributed by atoms with Gasteiger partial charge in [-0.3, -0.25) is 0 Å². The SMILES string of the molecule is CCCOc1cccc(-c2cc(C(=O)[O-])c3ccccc3n2)c1. The second-order valence-electron chi connectivity index (χ2n) is 5.24. The molecule has 2 aromatic carbocycles. The largest absolute Gasteiger partial charge is 0.545 e. The summed E-state index contributed by atoms with van der Waals surface area (Å²) in [7, 11) is 0. The van der Waals surface area contributed by atoms with E-state index in [1.165, 1.54) is 0 Å². The summed E-state index contributed by atoms with van der Waals surface area (Å²) in [6.07, 6.45) is 0.924. The third kappa shape index (κ3) is 3.16. The molecule has 0 spiro atoms. The summed E-state index contributed by atoms with van der Waals surface area (Å²) in [4.78, 5) is 16.0. The van der Waals surface area contributed by atoms with Gasteiger partial charge < -0.3 is 14.6 Å². The highest BCUT2D eigenvalue weighted by Gasteiger charge is 2.09. The highest BCUT2D eigenvalue weighted by atomic mass is 16.5. The van der Waals surface area contributed by atoms with Crippen molar-refractivity contribution in [1.29, 1.82) is 0 Å². The summed E-state index contributed by atoms with van der Waals surface area (Å²) in [5.41, 5.74) is 2.17. The van der Waals surface area contributed by atoms with Crippen LogP contribution in [0, 0.1) is 0 Å². The monoisotopic (exact) mass is 306 g/mol. The lowest BCUT2D eigenvalue weighted by molar-refractivity contribution is -0.254. The van der Waals surface area contributed by atoms with E-state index in [0.29, 0.717) is 23.2 Å². The van der Waals surface area contributed by atoms with Crippen LogP contribution in [0.3, 0.4) is 0 Å². The third-order valence-corrected chi connectivity index (χ3v) is 3.54. The number of hydrogen-bond acceptors (Lipinski definition) is 4. The van der Waals surface area contributed by atoms with Gasteiger partial charge in [0.2, 0.25) is 0 Å². The molecule has 4 heteroatoms. The first-order chi connectivity index (χ1) is 11.2. The number of ether oxygens (including phenoxy) is 1. The van der Waals surface area contributed by atoms with Crippen molar-refractivity contribution in [2.45, 2.75) is 13.3 Å². The van der Waals surface area contributed by atoms with Gasteiger partial charge in [0.1, 0.15) is 5.75 Å². The molecule has 0 aliphatic carbocycles. The maximum Gasteiger partial charge on any atom is 0.119 e. The Morgan fingerprint density at radius 2 is 1.96 bits per heavy atom. The number of carboxylic acid groups (broad SMARTS) is 1. The molecular weight excluding hydrogens is 290 g/mol. The molecule has 1 aromatic heterocycles. The molecule has 4 nitrogen and oxygen atoms in total. The lowest BCUT2D eigenvalue weighted by Gasteiger charge is -2.11. The number of fused-ring (bicyclic) bond motifs is 1. The number of carbonyl (C=O) groups excluding carboxylic acids is 1. The first kappa shape index (κ1) is 15.0. The zero-order valence-corrected chi connectivity index (χ0v) is 12.8. The molecular formula is C19H16NO3-. The fraction of sp³-hybridized carbons (Fsp3) is 0.158. The first-order valence-electron chi connectivity index (χ1n) is 7.53. The van der Waals surface area contributed by atoms with E-state index in [-0.39, 0.29) is 5.56 Å². The van der Waals surface area contributed by atoms with Gasteiger partial charge in [-0.05, 0) is 30.7 Å². The van der Waals surface area contributed by atoms with Gasteiger partial charge in [0.05, 0.1) is 23.8 Å². The van der Waals surface area contributed by atoms with Crippen molar-refractivity contribution < 1.29 is 14.6 Å². The molecule has 0 amide bonds. The Hall–Kier alpha value is -2.88. The van der Waals surface area contributed by atoms with Gasteiger partial charge in [-0.25, -0.2) is 4.98 Å². The smallest absolute Gasteiger partial charge is 0.119 e. The number of aromatic carboxylic acids is 1. The van der Waals surface area contributed by atoms with Gasteiger partial charge in [0.15, 0.2) is 0 Å². The Morgan fingerprint density at radius 3 is 2.74 bits per heavy atom. The summed E-state index contributed by atoms with van der Waals surface area (Å²) >= 11 is 0. The van der Waals surface area contributed by atoms with Crippen LogP contribution in [0.5, 0.6) is 5.75 Å². The summed E-state index contributed by atoms with van der Waals surface area (Å²) in [6.45, 7) is 2.68. The Bertz CT molecular complexity index is 858. The van der Waals surface area contributed by atoms with Crippen molar-refractivity contribution in [3.63, 3.8) is 0 Å². The Labute approximate surface area is 134 Å². The highest BCUT2D eigenvalue weighted by molar-refractivity contribution is 6.02. The quantitative estimate of drug-likeness (QED) is 0.727. The van der Waals surface area contributed by atoms with E-state index < -0.39 is 5.97 Å². The van der Waals surface area contributed by atoms with Gasteiger partial charge in [-0.15, -0.1) is 0 Å². The fourth-order valence-electron chi connectivity index (χ4n) is 2.46. The van der Waals surface area contributed by atoms with Crippen LogP contribution < -0.4 is 9.84 Å². The van der Waals surface area contributed by atoms with Crippen LogP contribution in [-0.4, -0.2) is 17.6 Å². The van der Waals surface area contributed by atoms with Crippen LogP contribution in [0.1, 0.15) is 23.7 Å². The van der Waals surface area contributed by atoms with E-state index in [4.69, 9.17) is 4.74 Å². The molecule has 3 rings (SSSR count). The van der Waals surface area contributed by atoms with Crippen molar-refractivity contribution in [3.05, 3.63) is 60.2 Å². The average molecular weight is 306 g/mol. The number of benzene rings is 2. The van der Waals surface area contributed by atoms with E-state index in [0.717, 1.165) is 17.7 Å². The molecule has 0 bridgehead atoms. The van der Waals surface area contributed by atoms with Gasteiger partial charge in [0, 0.05) is 16.5 Å². The minimum absolute atomic E-state index is 0.144. The second kappa shape index (κ2) is 6.48. The number of carboxylic acids is 1. The first-order valence-corrected chi connectivity index (χ1v) is 7.53.